The lowest BCUT2D eigenvalue weighted by Gasteiger charge is -2.57. The van der Waals surface area contributed by atoms with E-state index in [0.29, 0.717) is 5.41 Å². The maximum atomic E-state index is 11.0. The molecule has 3 aliphatic rings. The Hall–Kier alpha value is -1.73. The summed E-state index contributed by atoms with van der Waals surface area (Å²) in [7, 11) is 4.63. The Labute approximate surface area is 196 Å². The van der Waals surface area contributed by atoms with Gasteiger partial charge in [-0.25, -0.2) is 0 Å². The number of nitrogens with zero attached hydrogens (tertiary/aromatic N) is 2. The van der Waals surface area contributed by atoms with Gasteiger partial charge >= 0.3 is 0 Å². The van der Waals surface area contributed by atoms with E-state index in [4.69, 9.17) is 0 Å². The molecule has 1 saturated carbocycles. The van der Waals surface area contributed by atoms with Gasteiger partial charge in [0, 0.05) is 17.7 Å². The van der Waals surface area contributed by atoms with Crippen molar-refractivity contribution in [2.45, 2.75) is 33.2 Å². The Balaban J connectivity index is 0.00000256. The number of hydrogen-bond donors (Lipinski definition) is 0. The Bertz CT molecular complexity index is 963. The third-order valence-corrected chi connectivity index (χ3v) is 7.15. The van der Waals surface area contributed by atoms with Crippen molar-refractivity contribution >= 4 is 5.69 Å². The van der Waals surface area contributed by atoms with Gasteiger partial charge in [0.25, 0.3) is 5.69 Å². The fourth-order valence-electron chi connectivity index (χ4n) is 5.30. The normalized spacial score (nSPS) is 21.8. The van der Waals surface area contributed by atoms with Gasteiger partial charge < -0.3 is 28.5 Å². The highest BCUT2D eigenvalue weighted by Gasteiger charge is 2.52. The molecule has 2 atom stereocenters. The molecule has 0 N–H and O–H groups in total. The van der Waals surface area contributed by atoms with E-state index < -0.39 is 0 Å². The van der Waals surface area contributed by atoms with Crippen molar-refractivity contribution in [2.24, 2.45) is 17.3 Å². The molecule has 0 unspecified atom stereocenters. The van der Waals surface area contributed by atoms with Crippen LogP contribution in [0.4, 0.5) is 5.69 Å². The molecule has 0 amide bonds. The number of rotatable bonds is 6. The molecule has 2 bridgehead atoms. The minimum Gasteiger partial charge on any atom is -1.00 e. The second kappa shape index (κ2) is 8.42. The highest BCUT2D eigenvalue weighted by Crippen LogP contribution is 2.59. The molecule has 2 aromatic carbocycles. The molecule has 0 spiro atoms. The van der Waals surface area contributed by atoms with Crippen molar-refractivity contribution in [3.63, 3.8) is 0 Å². The minimum absolute atomic E-state index is 0. The lowest BCUT2D eigenvalue weighted by molar-refractivity contribution is -0.899. The molecule has 0 aromatic heterocycles. The summed E-state index contributed by atoms with van der Waals surface area (Å²) in [6.07, 6.45) is 5.13. The van der Waals surface area contributed by atoms with Crippen LogP contribution in [0.1, 0.15) is 32.3 Å². The number of nitro groups is 1. The Kier molecular flexibility index (Phi) is 6.44. The van der Waals surface area contributed by atoms with Gasteiger partial charge in [-0.15, -0.1) is 0 Å². The largest absolute Gasteiger partial charge is 1.00 e. The summed E-state index contributed by atoms with van der Waals surface area (Å²) in [5.41, 5.74) is 5.45. The maximum Gasteiger partial charge on any atom is 0.270 e. The quantitative estimate of drug-likeness (QED) is 0.194. The van der Waals surface area contributed by atoms with Crippen molar-refractivity contribution in [2.75, 3.05) is 20.6 Å². The summed E-state index contributed by atoms with van der Waals surface area (Å²) >= 11 is 0. The number of halogens is 1. The number of nitro benzene ring substituents is 1. The second-order valence-corrected chi connectivity index (χ2v) is 10.1. The third-order valence-electron chi connectivity index (χ3n) is 7.15. The number of fused-ring (bicyclic) bond motifs is 1. The smallest absolute Gasteiger partial charge is 0.270 e. The van der Waals surface area contributed by atoms with Crippen molar-refractivity contribution in [3.05, 3.63) is 75.9 Å². The van der Waals surface area contributed by atoms with Gasteiger partial charge in [0.15, 0.2) is 0 Å². The van der Waals surface area contributed by atoms with Crippen LogP contribution in [0.15, 0.2) is 60.2 Å². The third kappa shape index (κ3) is 4.47. The summed E-state index contributed by atoms with van der Waals surface area (Å²) < 4.78 is 0.944. The lowest BCUT2D eigenvalue weighted by atomic mass is 9.49. The van der Waals surface area contributed by atoms with Crippen LogP contribution in [0.3, 0.4) is 0 Å². The van der Waals surface area contributed by atoms with E-state index in [1.807, 2.05) is 6.07 Å². The van der Waals surface area contributed by atoms with Crippen LogP contribution in [0, 0.1) is 27.4 Å². The molecular formula is C25H31IN2O2. The maximum absolute atomic E-state index is 11.0. The fraction of sp³-hybridized carbons (Fsp3) is 0.440. The van der Waals surface area contributed by atoms with Crippen LogP contribution < -0.4 is 24.0 Å². The van der Waals surface area contributed by atoms with Crippen LogP contribution in [0.2, 0.25) is 0 Å². The minimum atomic E-state index is -0.344. The molecule has 0 aliphatic heterocycles. The monoisotopic (exact) mass is 518 g/mol. The van der Waals surface area contributed by atoms with Crippen LogP contribution in [0.5, 0.6) is 0 Å². The van der Waals surface area contributed by atoms with Gasteiger partial charge in [-0.2, -0.15) is 0 Å². The predicted octanol–water partition coefficient (Wildman–Crippen LogP) is 2.83. The molecule has 3 aliphatic carbocycles. The Morgan fingerprint density at radius 1 is 1.07 bits per heavy atom. The number of benzene rings is 2. The summed E-state index contributed by atoms with van der Waals surface area (Å²) in [5.74, 6) is 1.64. The number of allylic oxidation sites excluding steroid dienone is 1. The van der Waals surface area contributed by atoms with E-state index in [-0.39, 0.29) is 34.6 Å². The average Bonchev–Trinajstić information content (AvgIpc) is 2.68. The van der Waals surface area contributed by atoms with E-state index >= 15 is 0 Å². The molecule has 0 saturated heterocycles. The zero-order chi connectivity index (χ0) is 20.8. The first-order valence-electron chi connectivity index (χ1n) is 10.5. The molecule has 5 heteroatoms. The Morgan fingerprint density at radius 2 is 1.77 bits per heavy atom. The molecule has 1 fully saturated rings. The first-order chi connectivity index (χ1) is 13.7. The highest BCUT2D eigenvalue weighted by molar-refractivity contribution is 5.66. The lowest BCUT2D eigenvalue weighted by Crippen LogP contribution is -3.00. The number of hydrogen-bond acceptors (Lipinski definition) is 2. The summed E-state index contributed by atoms with van der Waals surface area (Å²) in [6.45, 7) is 6.95. The van der Waals surface area contributed by atoms with Gasteiger partial charge in [-0.05, 0) is 46.8 Å². The molecule has 5 rings (SSSR count). The van der Waals surface area contributed by atoms with Crippen molar-refractivity contribution in [1.82, 2.24) is 0 Å². The van der Waals surface area contributed by atoms with Gasteiger partial charge in [0.05, 0.1) is 19.0 Å². The van der Waals surface area contributed by atoms with Gasteiger partial charge in [-0.3, -0.25) is 10.1 Å². The van der Waals surface area contributed by atoms with Crippen LogP contribution in [-0.2, 0) is 6.54 Å². The number of likely N-dealkylation sites (N-methyl/N-ethyl adjacent to an activating group) is 1. The standard InChI is InChI=1S/C25H31N2O2.HI/c1-25(2)22-13-12-21(24(25)15-22)17-27(3,4)16-18-8-10-19(11-9-18)20-6-5-7-23(14-20)26(28)29;/h5-12,14,22,24H,13,15-17H2,1-4H3;1H/q+1;/p-1/t22-,24-;/m0./s1. The highest BCUT2D eigenvalue weighted by atomic mass is 127. The van der Waals surface area contributed by atoms with Crippen molar-refractivity contribution < 1.29 is 33.4 Å². The van der Waals surface area contributed by atoms with E-state index in [2.05, 4.69) is 58.3 Å². The van der Waals surface area contributed by atoms with E-state index in [0.717, 1.165) is 40.5 Å². The summed E-state index contributed by atoms with van der Waals surface area (Å²) in [6, 6.07) is 15.3. The van der Waals surface area contributed by atoms with Gasteiger partial charge in [0.1, 0.15) is 13.1 Å². The van der Waals surface area contributed by atoms with Crippen molar-refractivity contribution in [1.29, 1.82) is 0 Å². The topological polar surface area (TPSA) is 43.1 Å². The number of quaternary nitrogens is 1. The predicted molar refractivity (Wildman–Crippen MR) is 117 cm³/mol. The van der Waals surface area contributed by atoms with Crippen LogP contribution in [0.25, 0.3) is 11.1 Å². The first kappa shape index (κ1) is 22.9. The molecule has 30 heavy (non-hydrogen) atoms. The molecule has 0 heterocycles. The Morgan fingerprint density at radius 3 is 2.37 bits per heavy atom. The van der Waals surface area contributed by atoms with Crippen molar-refractivity contribution in [3.8, 4) is 11.1 Å². The second-order valence-electron chi connectivity index (χ2n) is 10.1. The fourth-order valence-corrected chi connectivity index (χ4v) is 5.30. The molecule has 160 valence electrons. The van der Waals surface area contributed by atoms with E-state index in [1.165, 1.54) is 24.5 Å². The summed E-state index contributed by atoms with van der Waals surface area (Å²) in [5, 5.41) is 11.0. The van der Waals surface area contributed by atoms with Crippen LogP contribution >= 0.6 is 0 Å². The van der Waals surface area contributed by atoms with E-state index in [9.17, 15) is 10.1 Å². The van der Waals surface area contributed by atoms with Gasteiger partial charge in [-0.1, -0.05) is 56.3 Å². The molecule has 2 aromatic rings. The zero-order valence-electron chi connectivity index (χ0n) is 18.3. The SMILES string of the molecule is CC1(C)[C@H]2CC=C(C[N+](C)(C)Cc3ccc(-c4cccc([N+](=O)[O-])c4)cc3)[C@@H]1C2.[I-]. The summed E-state index contributed by atoms with van der Waals surface area (Å²) in [4.78, 5) is 10.7. The zero-order valence-corrected chi connectivity index (χ0v) is 20.4. The van der Waals surface area contributed by atoms with E-state index in [1.54, 1.807) is 17.7 Å². The average molecular weight is 518 g/mol. The molecule has 4 nitrogen and oxygen atoms in total. The molecule has 0 radical (unpaired) electrons. The number of non-ortho nitro benzene ring substituents is 1. The molecular weight excluding hydrogens is 487 g/mol. The van der Waals surface area contributed by atoms with Crippen LogP contribution in [-0.4, -0.2) is 30.0 Å². The first-order valence-corrected chi connectivity index (χ1v) is 10.5. The van der Waals surface area contributed by atoms with Gasteiger partial charge in [0.2, 0.25) is 0 Å².